The van der Waals surface area contributed by atoms with Gasteiger partial charge in [-0.2, -0.15) is 13.2 Å². The number of carbonyl (C=O) groups is 2. The van der Waals surface area contributed by atoms with Crippen molar-refractivity contribution < 1.29 is 22.8 Å². The van der Waals surface area contributed by atoms with Gasteiger partial charge in [0.15, 0.2) is 0 Å². The van der Waals surface area contributed by atoms with E-state index in [1.54, 1.807) is 4.90 Å². The summed E-state index contributed by atoms with van der Waals surface area (Å²) >= 11 is 0. The van der Waals surface area contributed by atoms with Gasteiger partial charge < -0.3 is 10.2 Å². The van der Waals surface area contributed by atoms with Gasteiger partial charge in [0.25, 0.3) is 5.91 Å². The molecule has 27 heavy (non-hydrogen) atoms. The number of hydrogen-bond acceptors (Lipinski definition) is 2. The van der Waals surface area contributed by atoms with Crippen molar-refractivity contribution in [3.05, 3.63) is 64.7 Å². The summed E-state index contributed by atoms with van der Waals surface area (Å²) < 4.78 is 37.8. The molecule has 2 amide bonds. The number of amides is 2. The van der Waals surface area contributed by atoms with E-state index in [0.717, 1.165) is 41.1 Å². The summed E-state index contributed by atoms with van der Waals surface area (Å²) in [5.74, 6) is -0.598. The van der Waals surface area contributed by atoms with Crippen molar-refractivity contribution >= 4 is 17.5 Å². The van der Waals surface area contributed by atoms with E-state index in [4.69, 9.17) is 0 Å². The van der Waals surface area contributed by atoms with Crippen LogP contribution in [0.1, 0.15) is 33.5 Å². The van der Waals surface area contributed by atoms with E-state index in [0.29, 0.717) is 6.54 Å². The highest BCUT2D eigenvalue weighted by Gasteiger charge is 2.33. The normalized spacial score (nSPS) is 17.3. The Morgan fingerprint density at radius 1 is 1.07 bits per heavy atom. The first-order chi connectivity index (χ1) is 12.6. The van der Waals surface area contributed by atoms with Gasteiger partial charge in [0.05, 0.1) is 11.6 Å². The third-order valence-electron chi connectivity index (χ3n) is 4.74. The lowest BCUT2D eigenvalue weighted by atomic mass is 10.1. The maximum absolute atomic E-state index is 12.6. The first-order valence-electron chi connectivity index (χ1n) is 8.51. The molecule has 1 atom stereocenters. The standard InChI is InChI=1S/C20H19F3N2O2/c1-12-3-8-17(9-13(12)2)25-11-16(10-18(25)26)24-19(27)14-4-6-15(7-5-14)20(21,22)23/h3-9,16H,10-11H2,1-2H3,(H,24,27). The first kappa shape index (κ1) is 18.9. The Labute approximate surface area is 155 Å². The second-order valence-electron chi connectivity index (χ2n) is 6.72. The summed E-state index contributed by atoms with van der Waals surface area (Å²) in [4.78, 5) is 26.2. The highest BCUT2D eigenvalue weighted by molar-refractivity contribution is 5.99. The lowest BCUT2D eigenvalue weighted by Gasteiger charge is -2.18. The van der Waals surface area contributed by atoms with Gasteiger partial charge in [-0.05, 0) is 61.4 Å². The fourth-order valence-corrected chi connectivity index (χ4v) is 3.03. The summed E-state index contributed by atoms with van der Waals surface area (Å²) in [6.07, 6.45) is -4.29. The lowest BCUT2D eigenvalue weighted by Crippen LogP contribution is -2.37. The second-order valence-corrected chi connectivity index (χ2v) is 6.72. The maximum atomic E-state index is 12.6. The maximum Gasteiger partial charge on any atom is 0.416 e. The molecule has 3 rings (SSSR count). The molecular weight excluding hydrogens is 357 g/mol. The van der Waals surface area contributed by atoms with Crippen LogP contribution in [0, 0.1) is 13.8 Å². The van der Waals surface area contributed by atoms with E-state index in [1.165, 1.54) is 0 Å². The Bertz CT molecular complexity index is 876. The van der Waals surface area contributed by atoms with E-state index in [9.17, 15) is 22.8 Å². The fourth-order valence-electron chi connectivity index (χ4n) is 3.03. The summed E-state index contributed by atoms with van der Waals surface area (Å²) in [5, 5.41) is 2.73. The molecule has 7 heteroatoms. The highest BCUT2D eigenvalue weighted by atomic mass is 19.4. The molecule has 1 heterocycles. The zero-order valence-electron chi connectivity index (χ0n) is 14.9. The van der Waals surface area contributed by atoms with Crippen LogP contribution in [0.15, 0.2) is 42.5 Å². The molecule has 0 radical (unpaired) electrons. The smallest absolute Gasteiger partial charge is 0.347 e. The molecule has 1 fully saturated rings. The van der Waals surface area contributed by atoms with Crippen molar-refractivity contribution in [1.29, 1.82) is 0 Å². The minimum absolute atomic E-state index is 0.101. The van der Waals surface area contributed by atoms with E-state index in [1.807, 2.05) is 32.0 Å². The Kier molecular flexibility index (Phi) is 4.95. The van der Waals surface area contributed by atoms with Crippen molar-refractivity contribution in [1.82, 2.24) is 5.32 Å². The molecule has 1 saturated heterocycles. The van der Waals surface area contributed by atoms with Gasteiger partial charge in [0.2, 0.25) is 5.91 Å². The quantitative estimate of drug-likeness (QED) is 0.884. The Morgan fingerprint density at radius 3 is 2.33 bits per heavy atom. The molecule has 4 nitrogen and oxygen atoms in total. The van der Waals surface area contributed by atoms with Crippen molar-refractivity contribution in [2.45, 2.75) is 32.5 Å². The molecule has 1 aliphatic rings. The van der Waals surface area contributed by atoms with E-state index >= 15 is 0 Å². The number of hydrogen-bond donors (Lipinski definition) is 1. The molecular formula is C20H19F3N2O2. The Balaban J connectivity index is 1.67. The molecule has 0 bridgehead atoms. The third kappa shape index (κ3) is 4.13. The van der Waals surface area contributed by atoms with Crippen LogP contribution in [-0.4, -0.2) is 24.4 Å². The molecule has 1 aliphatic heterocycles. The average Bonchev–Trinajstić information content (AvgIpc) is 2.97. The van der Waals surface area contributed by atoms with E-state index in [2.05, 4.69) is 5.32 Å². The monoisotopic (exact) mass is 376 g/mol. The Hall–Kier alpha value is -2.83. The highest BCUT2D eigenvalue weighted by Crippen LogP contribution is 2.29. The van der Waals surface area contributed by atoms with Crippen molar-refractivity contribution in [3.8, 4) is 0 Å². The SMILES string of the molecule is Cc1ccc(N2CC(NC(=O)c3ccc(C(F)(F)F)cc3)CC2=O)cc1C. The van der Waals surface area contributed by atoms with Crippen LogP contribution < -0.4 is 10.2 Å². The molecule has 0 saturated carbocycles. The number of alkyl halides is 3. The van der Waals surface area contributed by atoms with Crippen LogP contribution in [0.3, 0.4) is 0 Å². The second kappa shape index (κ2) is 7.06. The van der Waals surface area contributed by atoms with Crippen molar-refractivity contribution in [2.75, 3.05) is 11.4 Å². The largest absolute Gasteiger partial charge is 0.416 e. The van der Waals surface area contributed by atoms with Crippen LogP contribution in [0.25, 0.3) is 0 Å². The van der Waals surface area contributed by atoms with Crippen LogP contribution in [-0.2, 0) is 11.0 Å². The topological polar surface area (TPSA) is 49.4 Å². The number of anilines is 1. The summed E-state index contributed by atoms with van der Waals surface area (Å²) in [5.41, 5.74) is 2.28. The predicted molar refractivity (Wildman–Crippen MR) is 95.6 cm³/mol. The molecule has 2 aromatic rings. The van der Waals surface area contributed by atoms with Gasteiger partial charge in [-0.25, -0.2) is 0 Å². The van der Waals surface area contributed by atoms with Gasteiger partial charge >= 0.3 is 6.18 Å². The molecule has 0 spiro atoms. The van der Waals surface area contributed by atoms with Gasteiger partial charge in [-0.3, -0.25) is 9.59 Å². The van der Waals surface area contributed by atoms with Crippen LogP contribution in [0.2, 0.25) is 0 Å². The van der Waals surface area contributed by atoms with Gasteiger partial charge in [0.1, 0.15) is 0 Å². The average molecular weight is 376 g/mol. The zero-order chi connectivity index (χ0) is 19.8. The van der Waals surface area contributed by atoms with Crippen molar-refractivity contribution in [3.63, 3.8) is 0 Å². The summed E-state index contributed by atoms with van der Waals surface area (Å²) in [7, 11) is 0. The number of nitrogens with one attached hydrogen (secondary N) is 1. The summed E-state index contributed by atoms with van der Waals surface area (Å²) in [6.45, 7) is 4.27. The van der Waals surface area contributed by atoms with Crippen LogP contribution in [0.5, 0.6) is 0 Å². The third-order valence-corrected chi connectivity index (χ3v) is 4.74. The Morgan fingerprint density at radius 2 is 1.74 bits per heavy atom. The van der Waals surface area contributed by atoms with E-state index in [-0.39, 0.29) is 17.9 Å². The predicted octanol–water partition coefficient (Wildman–Crippen LogP) is 3.86. The number of rotatable bonds is 3. The molecule has 0 aromatic heterocycles. The molecule has 142 valence electrons. The van der Waals surface area contributed by atoms with Gasteiger partial charge in [-0.1, -0.05) is 6.07 Å². The van der Waals surface area contributed by atoms with Crippen LogP contribution in [0.4, 0.5) is 18.9 Å². The van der Waals surface area contributed by atoms with Crippen LogP contribution >= 0.6 is 0 Å². The van der Waals surface area contributed by atoms with Gasteiger partial charge in [-0.15, -0.1) is 0 Å². The molecule has 1 N–H and O–H groups in total. The minimum Gasteiger partial charge on any atom is -0.347 e. The molecule has 2 aromatic carbocycles. The number of benzene rings is 2. The molecule has 1 unspecified atom stereocenters. The fraction of sp³-hybridized carbons (Fsp3) is 0.300. The van der Waals surface area contributed by atoms with Gasteiger partial charge in [0, 0.05) is 24.2 Å². The number of halogens is 3. The molecule has 0 aliphatic carbocycles. The number of nitrogens with zero attached hydrogens (tertiary/aromatic N) is 1. The van der Waals surface area contributed by atoms with Crippen molar-refractivity contribution in [2.24, 2.45) is 0 Å². The lowest BCUT2D eigenvalue weighted by molar-refractivity contribution is -0.137. The number of carbonyl (C=O) groups excluding carboxylic acids is 2. The first-order valence-corrected chi connectivity index (χ1v) is 8.51. The minimum atomic E-state index is -4.44. The van der Waals surface area contributed by atoms with E-state index < -0.39 is 23.7 Å². The number of aryl methyl sites for hydroxylation is 2. The zero-order valence-corrected chi connectivity index (χ0v) is 14.9. The summed E-state index contributed by atoms with van der Waals surface area (Å²) in [6, 6.07) is 9.34.